The number of anilines is 9. The molecule has 9 aromatic carbocycles. The molecule has 111 heavy (non-hydrogen) atoms. The van der Waals surface area contributed by atoms with Crippen LogP contribution < -0.4 is 60.5 Å². The van der Waals surface area contributed by atoms with Gasteiger partial charge in [-0.15, -0.1) is 0 Å². The summed E-state index contributed by atoms with van der Waals surface area (Å²) in [4.78, 5) is 29.5. The van der Waals surface area contributed by atoms with E-state index in [-0.39, 0.29) is 58.9 Å². The molecule has 586 valence electrons. The van der Waals surface area contributed by atoms with Crippen LogP contribution in [0, 0.1) is 0 Å². The molecule has 32 heteroatoms. The van der Waals surface area contributed by atoms with Crippen LogP contribution in [0.4, 0.5) is 60.8 Å². The lowest BCUT2D eigenvalue weighted by atomic mass is 9.98. The van der Waals surface area contributed by atoms with E-state index in [0.29, 0.717) is 47.6 Å². The van der Waals surface area contributed by atoms with Crippen LogP contribution in [0.25, 0.3) is 0 Å². The number of aliphatic hydroxyl groups excluding tert-OH is 3. The average Bonchev–Trinajstić information content (AvgIpc) is 0.760. The topological polar surface area (TPSA) is 381 Å². The van der Waals surface area contributed by atoms with Crippen molar-refractivity contribution < 1.29 is 88.1 Å². The summed E-state index contributed by atoms with van der Waals surface area (Å²) in [5.41, 5.74) is 16.3. The van der Waals surface area contributed by atoms with Crippen molar-refractivity contribution in [2.75, 3.05) is 70.7 Å². The zero-order valence-corrected chi connectivity index (χ0v) is 64.4. The maximum Gasteiger partial charge on any atom is 0.412 e. The smallest absolute Gasteiger partial charge is 0.412 e. The standard InChI is InChI=1S/C28H31N3O7S.C23H23N3O5S.C17H18N2O3.C11H14ClNO4S/c1-28(2,3)38-27(33)29-18-9-8-10-19(15-18)39(34,35)30-20-16-36-17-23(26(20)32)31-21-11-4-6-13-24(21)37-25-14-7-5-12-22(25)31;24-15-6-5-7-16(12-15)32(28,29)25-17-13-30-14-20(23(17)27)26-18-8-1-3-10-21(18)31-22-11-4-2-9-19(22)26;18-11-9-21-10-14(17(11)20)19-12-5-1-3-7-15(12)22-16-8-4-2-6-13(16)19;1-11(2,3)17-10(14)13-8-4-6-9(7-5-8)18(12,15)16/h4-15,20,23,26,30,32H,16-17H2,1-3H3,(H,29,33);1-12,17,20,23,25,27H,13-14,24H2;1-8,11,14,17,20H,9-10,18H2;4-7H,1-3H3,(H,13,14)/t20-,23+,26+;17-,20+,23+;11-,14+,17+;/m111./s1. The second-order valence-corrected chi connectivity index (χ2v) is 34.4. The Hall–Kier alpha value is -10.1. The molecule has 3 saturated heterocycles. The molecule has 9 atom stereocenters. The molecule has 2 amide bonds. The number of amides is 2. The van der Waals surface area contributed by atoms with E-state index in [1.807, 2.05) is 155 Å². The molecule has 0 radical (unpaired) electrons. The number of sulfonamides is 2. The normalized spacial score (nSPS) is 21.1. The van der Waals surface area contributed by atoms with E-state index in [9.17, 15) is 50.2 Å². The van der Waals surface area contributed by atoms with Gasteiger partial charge >= 0.3 is 12.2 Å². The van der Waals surface area contributed by atoms with Crippen molar-refractivity contribution in [2.24, 2.45) is 5.73 Å². The minimum absolute atomic E-state index is 0.0135. The van der Waals surface area contributed by atoms with Crippen molar-refractivity contribution in [3.63, 3.8) is 0 Å². The predicted molar refractivity (Wildman–Crippen MR) is 420 cm³/mol. The van der Waals surface area contributed by atoms with Gasteiger partial charge in [0.2, 0.25) is 20.0 Å². The number of para-hydroxylation sites is 12. The van der Waals surface area contributed by atoms with Crippen molar-refractivity contribution >= 4 is 103 Å². The number of aliphatic hydroxyl groups is 3. The lowest BCUT2D eigenvalue weighted by Crippen LogP contribution is -2.60. The summed E-state index contributed by atoms with van der Waals surface area (Å²) in [6, 6.07) is 59.3. The van der Waals surface area contributed by atoms with Crippen LogP contribution in [-0.2, 0) is 52.8 Å². The van der Waals surface area contributed by atoms with Crippen LogP contribution in [0.2, 0.25) is 0 Å². The molecule has 6 aliphatic heterocycles. The van der Waals surface area contributed by atoms with E-state index < -0.39 is 95.0 Å². The first-order valence-electron chi connectivity index (χ1n) is 35.3. The van der Waals surface area contributed by atoms with Gasteiger partial charge in [0.05, 0.1) is 143 Å². The first kappa shape index (κ1) is 80.4. The third-order valence-corrected chi connectivity index (χ3v) is 22.3. The number of fused-ring (bicyclic) bond motifs is 6. The summed E-state index contributed by atoms with van der Waals surface area (Å²) in [5.74, 6) is 4.10. The summed E-state index contributed by atoms with van der Waals surface area (Å²) in [5, 5.41) is 38.3. The fourth-order valence-electron chi connectivity index (χ4n) is 13.0. The Bertz CT molecular complexity index is 5040. The number of nitrogens with two attached hydrogens (primary N) is 2. The monoisotopic (exact) mass is 1600 g/mol. The van der Waals surface area contributed by atoms with Gasteiger partial charge in [-0.3, -0.25) is 10.6 Å². The number of nitrogen functional groups attached to an aromatic ring is 1. The van der Waals surface area contributed by atoms with Gasteiger partial charge in [-0.2, -0.15) is 0 Å². The number of hydrogen-bond acceptors (Lipinski definition) is 24. The molecule has 3 fully saturated rings. The molecule has 0 aliphatic carbocycles. The quantitative estimate of drug-likeness (QED) is 0.0405. The highest BCUT2D eigenvalue weighted by Gasteiger charge is 2.45. The lowest BCUT2D eigenvalue weighted by Gasteiger charge is -2.44. The van der Waals surface area contributed by atoms with E-state index in [0.717, 1.165) is 45.6 Å². The largest absolute Gasteiger partial charge is 0.453 e. The molecule has 0 bridgehead atoms. The van der Waals surface area contributed by atoms with Gasteiger partial charge in [0.1, 0.15) is 11.2 Å². The van der Waals surface area contributed by atoms with Gasteiger partial charge in [-0.1, -0.05) is 84.9 Å². The first-order valence-corrected chi connectivity index (χ1v) is 40.6. The number of carbonyl (C=O) groups excluding carboxylic acids is 2. The first-order chi connectivity index (χ1) is 52.8. The summed E-state index contributed by atoms with van der Waals surface area (Å²) >= 11 is 0. The number of carbonyl (C=O) groups is 2. The van der Waals surface area contributed by atoms with Crippen molar-refractivity contribution in [1.82, 2.24) is 9.44 Å². The Morgan fingerprint density at radius 2 is 0.739 bits per heavy atom. The minimum atomic E-state index is -4.09. The molecule has 0 saturated carbocycles. The molecule has 0 unspecified atom stereocenters. The number of hydrogen-bond donors (Lipinski definition) is 9. The maximum atomic E-state index is 13.3. The Morgan fingerprint density at radius 1 is 0.414 bits per heavy atom. The highest BCUT2D eigenvalue weighted by Crippen LogP contribution is 2.51. The summed E-state index contributed by atoms with van der Waals surface area (Å²) in [7, 11) is -6.58. The van der Waals surface area contributed by atoms with Crippen LogP contribution in [0.5, 0.6) is 34.5 Å². The van der Waals surface area contributed by atoms with Gasteiger partial charge in [0, 0.05) is 27.7 Å². The predicted octanol–water partition coefficient (Wildman–Crippen LogP) is 12.0. The molecular formula is C79H86ClN9O19S3. The number of nitrogens with zero attached hydrogens (tertiary/aromatic N) is 3. The molecule has 6 aliphatic rings. The number of benzene rings is 9. The molecule has 0 aromatic heterocycles. The third kappa shape index (κ3) is 19.4. The fourth-order valence-corrected chi connectivity index (χ4v) is 16.4. The van der Waals surface area contributed by atoms with Gasteiger partial charge < -0.3 is 79.4 Å². The number of halogens is 1. The second kappa shape index (κ2) is 33.9. The Labute approximate surface area is 648 Å². The van der Waals surface area contributed by atoms with E-state index in [2.05, 4.69) is 25.0 Å². The molecule has 15 rings (SSSR count). The Morgan fingerprint density at radius 3 is 1.09 bits per heavy atom. The Kier molecular flexibility index (Phi) is 24.5. The fraction of sp³-hybridized carbons (Fsp3) is 0.291. The van der Waals surface area contributed by atoms with Crippen molar-refractivity contribution in [2.45, 2.75) is 122 Å². The Balaban J connectivity index is 0.000000143. The van der Waals surface area contributed by atoms with Gasteiger partial charge in [0.25, 0.3) is 9.05 Å². The highest BCUT2D eigenvalue weighted by atomic mass is 35.7. The van der Waals surface area contributed by atoms with Crippen LogP contribution in [0.1, 0.15) is 41.5 Å². The molecule has 28 nitrogen and oxygen atoms in total. The van der Waals surface area contributed by atoms with Crippen LogP contribution in [0.3, 0.4) is 0 Å². The molecular weight excluding hydrogens is 1510 g/mol. The van der Waals surface area contributed by atoms with Crippen LogP contribution in [-0.4, -0.2) is 158 Å². The van der Waals surface area contributed by atoms with E-state index in [1.54, 1.807) is 59.7 Å². The summed E-state index contributed by atoms with van der Waals surface area (Å²) < 4.78 is 125. The molecule has 6 heterocycles. The zero-order chi connectivity index (χ0) is 79.2. The van der Waals surface area contributed by atoms with Gasteiger partial charge in [0.15, 0.2) is 34.5 Å². The molecule has 0 spiro atoms. The summed E-state index contributed by atoms with van der Waals surface area (Å²) in [6.45, 7) is 11.7. The van der Waals surface area contributed by atoms with Crippen LogP contribution >= 0.6 is 10.7 Å². The second-order valence-electron chi connectivity index (χ2n) is 28.4. The number of rotatable bonds is 12. The van der Waals surface area contributed by atoms with E-state index in [1.165, 1.54) is 54.6 Å². The lowest BCUT2D eigenvalue weighted by molar-refractivity contribution is -0.0246. The highest BCUT2D eigenvalue weighted by molar-refractivity contribution is 8.13. The summed E-state index contributed by atoms with van der Waals surface area (Å²) in [6.07, 6.45) is -4.12. The van der Waals surface area contributed by atoms with Crippen molar-refractivity contribution in [3.05, 3.63) is 218 Å². The average molecular weight is 1600 g/mol. The minimum Gasteiger partial charge on any atom is -0.453 e. The van der Waals surface area contributed by atoms with Crippen molar-refractivity contribution in [1.29, 1.82) is 0 Å². The maximum absolute atomic E-state index is 13.3. The number of ether oxygens (including phenoxy) is 8. The van der Waals surface area contributed by atoms with E-state index in [4.69, 9.17) is 60.0 Å². The van der Waals surface area contributed by atoms with Gasteiger partial charge in [-0.25, -0.2) is 44.3 Å². The van der Waals surface area contributed by atoms with Crippen molar-refractivity contribution in [3.8, 4) is 34.5 Å². The van der Waals surface area contributed by atoms with E-state index >= 15 is 0 Å². The molecule has 9 aromatic rings. The van der Waals surface area contributed by atoms with Crippen LogP contribution in [0.15, 0.2) is 233 Å². The zero-order valence-electron chi connectivity index (χ0n) is 61.2. The number of nitrogens with one attached hydrogen (secondary N) is 4. The third-order valence-electron chi connectivity index (χ3n) is 18.0. The van der Waals surface area contributed by atoms with Gasteiger partial charge in [-0.05, 0) is 175 Å². The molecule has 11 N–H and O–H groups in total. The SMILES string of the molecule is CC(C)(C)OC(=O)Nc1ccc(S(=O)(=O)Cl)cc1.CC(C)(C)OC(=O)Nc1cccc(S(=O)(=O)N[C@@H]2COC[C@H](N3c4ccccc4Oc4ccccc43)[C@H]2O)c1.N[C@@H]1COC[C@H](N2c3ccccc3Oc3ccccc32)[C@H]1O.Nc1cccc(S(=O)(=O)N[C@@H]2COC[C@H](N3c4ccccc4Oc4ccccc43)[C@H]2O)c1.